The molecule has 1 N–H and O–H groups in total. The quantitative estimate of drug-likeness (QED) is 0.660. The number of rotatable bonds is 6. The fourth-order valence-corrected chi connectivity index (χ4v) is 1.36. The molecule has 0 rings (SSSR count). The third-order valence-electron chi connectivity index (χ3n) is 2.07. The third kappa shape index (κ3) is 5.14. The van der Waals surface area contributed by atoms with Gasteiger partial charge in [0.15, 0.2) is 0 Å². The zero-order chi connectivity index (χ0) is 10.3. The van der Waals surface area contributed by atoms with E-state index in [1.807, 2.05) is 19.9 Å². The van der Waals surface area contributed by atoms with Gasteiger partial charge in [-0.05, 0) is 19.8 Å². The highest BCUT2D eigenvalue weighted by atomic mass is 35.5. The molecule has 0 amide bonds. The van der Waals surface area contributed by atoms with E-state index >= 15 is 0 Å². The molecule has 0 aromatic heterocycles. The average Bonchev–Trinajstić information content (AvgIpc) is 2.11. The molecule has 3 heteroatoms. The molecule has 0 aromatic carbocycles. The lowest BCUT2D eigenvalue weighted by atomic mass is 10.1. The van der Waals surface area contributed by atoms with Crippen LogP contribution in [0.25, 0.3) is 0 Å². The van der Waals surface area contributed by atoms with E-state index in [9.17, 15) is 4.39 Å². The fraction of sp³-hybridized carbons (Fsp3) is 0.800. The maximum absolute atomic E-state index is 13.0. The van der Waals surface area contributed by atoms with Crippen molar-refractivity contribution in [2.24, 2.45) is 0 Å². The van der Waals surface area contributed by atoms with Crippen LogP contribution in [0.15, 0.2) is 11.8 Å². The summed E-state index contributed by atoms with van der Waals surface area (Å²) in [4.78, 5) is 0. The number of halogens is 2. The van der Waals surface area contributed by atoms with E-state index in [0.29, 0.717) is 5.88 Å². The lowest BCUT2D eigenvalue weighted by Gasteiger charge is -2.21. The first-order valence-corrected chi connectivity index (χ1v) is 5.34. The first kappa shape index (κ1) is 12.8. The topological polar surface area (TPSA) is 12.0 Å². The normalized spacial score (nSPS) is 16.8. The maximum Gasteiger partial charge on any atom is 0.117 e. The van der Waals surface area contributed by atoms with Crippen molar-refractivity contribution in [2.75, 3.05) is 5.88 Å². The van der Waals surface area contributed by atoms with Crippen LogP contribution in [-0.2, 0) is 0 Å². The van der Waals surface area contributed by atoms with E-state index in [2.05, 4.69) is 5.32 Å². The van der Waals surface area contributed by atoms with Gasteiger partial charge in [-0.3, -0.25) is 0 Å². The molecule has 0 aromatic rings. The molecule has 0 saturated carbocycles. The summed E-state index contributed by atoms with van der Waals surface area (Å²) < 4.78 is 13.0. The monoisotopic (exact) mass is 207 g/mol. The van der Waals surface area contributed by atoms with E-state index in [1.165, 1.54) is 0 Å². The third-order valence-corrected chi connectivity index (χ3v) is 2.22. The SMILES string of the molecule is CC/C(=C/CCl)NC(CC)C(C)F. The van der Waals surface area contributed by atoms with Crippen LogP contribution in [0.2, 0.25) is 0 Å². The standard InChI is InChI=1S/C10H19ClFN/c1-4-9(6-7-11)13-10(5-2)8(3)12/h6,8,10,13H,4-5,7H2,1-3H3/b9-6-. The smallest absolute Gasteiger partial charge is 0.117 e. The number of alkyl halides is 2. The Labute approximate surface area is 85.4 Å². The second-order valence-corrected chi connectivity index (χ2v) is 3.38. The van der Waals surface area contributed by atoms with E-state index in [0.717, 1.165) is 18.5 Å². The van der Waals surface area contributed by atoms with Gasteiger partial charge in [0.2, 0.25) is 0 Å². The summed E-state index contributed by atoms with van der Waals surface area (Å²) in [5.74, 6) is 0.479. The van der Waals surface area contributed by atoms with Crippen LogP contribution >= 0.6 is 11.6 Å². The minimum atomic E-state index is -0.824. The van der Waals surface area contributed by atoms with E-state index < -0.39 is 6.17 Å². The van der Waals surface area contributed by atoms with E-state index in [1.54, 1.807) is 6.92 Å². The largest absolute Gasteiger partial charge is 0.383 e. The highest BCUT2D eigenvalue weighted by Gasteiger charge is 2.13. The van der Waals surface area contributed by atoms with Crippen molar-refractivity contribution in [3.63, 3.8) is 0 Å². The molecule has 0 spiro atoms. The van der Waals surface area contributed by atoms with Crippen molar-refractivity contribution >= 4 is 11.6 Å². The lowest BCUT2D eigenvalue weighted by molar-refractivity contribution is 0.274. The summed E-state index contributed by atoms with van der Waals surface area (Å²) >= 11 is 5.57. The lowest BCUT2D eigenvalue weighted by Crippen LogP contribution is -2.34. The molecule has 0 saturated heterocycles. The summed E-state index contributed by atoms with van der Waals surface area (Å²) in [5, 5.41) is 3.16. The molecule has 2 atom stereocenters. The highest BCUT2D eigenvalue weighted by Crippen LogP contribution is 2.07. The van der Waals surface area contributed by atoms with Crippen molar-refractivity contribution in [3.05, 3.63) is 11.8 Å². The van der Waals surface area contributed by atoms with E-state index in [-0.39, 0.29) is 6.04 Å². The van der Waals surface area contributed by atoms with Gasteiger partial charge in [-0.25, -0.2) is 4.39 Å². The Kier molecular flexibility index (Phi) is 7.06. The van der Waals surface area contributed by atoms with Crippen molar-refractivity contribution in [2.45, 2.75) is 45.8 Å². The van der Waals surface area contributed by atoms with Gasteiger partial charge >= 0.3 is 0 Å². The Bertz CT molecular complexity index is 157. The molecule has 0 fully saturated rings. The van der Waals surface area contributed by atoms with Gasteiger partial charge < -0.3 is 5.32 Å². The Morgan fingerprint density at radius 2 is 2.15 bits per heavy atom. The molecule has 2 unspecified atom stereocenters. The van der Waals surface area contributed by atoms with Gasteiger partial charge in [-0.2, -0.15) is 0 Å². The van der Waals surface area contributed by atoms with Crippen LogP contribution in [-0.4, -0.2) is 18.1 Å². The molecular weight excluding hydrogens is 189 g/mol. The molecule has 0 aliphatic carbocycles. The molecule has 78 valence electrons. The average molecular weight is 208 g/mol. The number of hydrogen-bond acceptors (Lipinski definition) is 1. The summed E-state index contributed by atoms with van der Waals surface area (Å²) in [7, 11) is 0. The Morgan fingerprint density at radius 3 is 2.46 bits per heavy atom. The van der Waals surface area contributed by atoms with Crippen LogP contribution in [0, 0.1) is 0 Å². The Hall–Kier alpha value is -0.240. The van der Waals surface area contributed by atoms with Crippen molar-refractivity contribution in [1.82, 2.24) is 5.32 Å². The minimum Gasteiger partial charge on any atom is -0.383 e. The molecule has 0 bridgehead atoms. The van der Waals surface area contributed by atoms with Gasteiger partial charge in [-0.1, -0.05) is 19.9 Å². The van der Waals surface area contributed by atoms with Gasteiger partial charge in [0, 0.05) is 11.6 Å². The maximum atomic E-state index is 13.0. The van der Waals surface area contributed by atoms with Gasteiger partial charge in [-0.15, -0.1) is 11.6 Å². The van der Waals surface area contributed by atoms with Crippen LogP contribution in [0.4, 0.5) is 4.39 Å². The van der Waals surface area contributed by atoms with Crippen LogP contribution in [0.5, 0.6) is 0 Å². The second kappa shape index (κ2) is 7.19. The summed E-state index contributed by atoms with van der Waals surface area (Å²) in [6, 6.07) is -0.0885. The zero-order valence-electron chi connectivity index (χ0n) is 8.61. The first-order valence-electron chi connectivity index (χ1n) is 4.81. The Morgan fingerprint density at radius 1 is 1.54 bits per heavy atom. The van der Waals surface area contributed by atoms with Crippen LogP contribution < -0.4 is 5.32 Å². The molecule has 0 aliphatic heterocycles. The van der Waals surface area contributed by atoms with Crippen LogP contribution in [0.1, 0.15) is 33.6 Å². The predicted octanol–water partition coefficient (Wildman–Crippen LogP) is 3.25. The predicted molar refractivity (Wildman–Crippen MR) is 56.9 cm³/mol. The fourth-order valence-electron chi connectivity index (χ4n) is 1.18. The minimum absolute atomic E-state index is 0.0885. The van der Waals surface area contributed by atoms with Crippen molar-refractivity contribution in [1.29, 1.82) is 0 Å². The van der Waals surface area contributed by atoms with Crippen molar-refractivity contribution < 1.29 is 4.39 Å². The molecule has 0 radical (unpaired) electrons. The Balaban J connectivity index is 4.11. The summed E-state index contributed by atoms with van der Waals surface area (Å²) in [6.07, 6.45) is 2.73. The molecular formula is C10H19ClFN. The van der Waals surface area contributed by atoms with Gasteiger partial charge in [0.05, 0.1) is 6.04 Å². The van der Waals surface area contributed by atoms with Gasteiger partial charge in [0.25, 0.3) is 0 Å². The summed E-state index contributed by atoms with van der Waals surface area (Å²) in [5.41, 5.74) is 1.03. The molecule has 1 nitrogen and oxygen atoms in total. The highest BCUT2D eigenvalue weighted by molar-refractivity contribution is 6.18. The molecule has 13 heavy (non-hydrogen) atoms. The second-order valence-electron chi connectivity index (χ2n) is 3.07. The summed E-state index contributed by atoms with van der Waals surface area (Å²) in [6.45, 7) is 5.58. The van der Waals surface area contributed by atoms with Gasteiger partial charge in [0.1, 0.15) is 6.17 Å². The first-order chi connectivity index (χ1) is 6.15. The zero-order valence-corrected chi connectivity index (χ0v) is 9.37. The number of hydrogen-bond donors (Lipinski definition) is 1. The number of nitrogens with one attached hydrogen (secondary N) is 1. The molecule has 0 aliphatic rings. The van der Waals surface area contributed by atoms with Crippen molar-refractivity contribution in [3.8, 4) is 0 Å². The number of allylic oxidation sites excluding steroid dienone is 2. The molecule has 0 heterocycles. The van der Waals surface area contributed by atoms with E-state index in [4.69, 9.17) is 11.6 Å². The van der Waals surface area contributed by atoms with Crippen LogP contribution in [0.3, 0.4) is 0 Å².